The number of aryl methyl sites for hydroxylation is 1. The first-order valence-electron chi connectivity index (χ1n) is 5.59. The van der Waals surface area contributed by atoms with Crippen LogP contribution in [-0.2, 0) is 0 Å². The lowest BCUT2D eigenvalue weighted by molar-refractivity contribution is 0.416. The molecule has 0 unspecified atom stereocenters. The number of nitrogens with two attached hydrogens (primary N) is 1. The molecule has 19 heavy (non-hydrogen) atoms. The van der Waals surface area contributed by atoms with Crippen LogP contribution >= 0.6 is 0 Å². The molecule has 0 fully saturated rings. The molecule has 0 bridgehead atoms. The first kappa shape index (κ1) is 12.6. The van der Waals surface area contributed by atoms with Gasteiger partial charge in [0.1, 0.15) is 23.3 Å². The Balaban J connectivity index is 2.45. The van der Waals surface area contributed by atoms with Crippen LogP contribution in [0.25, 0.3) is 0 Å². The zero-order valence-corrected chi connectivity index (χ0v) is 10.6. The number of anilines is 3. The molecule has 2 rings (SSSR count). The minimum absolute atomic E-state index is 0.177. The number of nitrogens with zero attached hydrogens (tertiary/aromatic N) is 3. The van der Waals surface area contributed by atoms with Crippen molar-refractivity contribution >= 4 is 17.5 Å². The maximum Gasteiger partial charge on any atom is 0.222 e. The summed E-state index contributed by atoms with van der Waals surface area (Å²) in [5, 5.41) is 12.2. The van der Waals surface area contributed by atoms with Gasteiger partial charge in [-0.25, -0.2) is 4.98 Å². The molecule has 0 aliphatic carbocycles. The number of nitrogens with one attached hydrogen (secondary N) is 1. The third-order valence-electron chi connectivity index (χ3n) is 2.49. The lowest BCUT2D eigenvalue weighted by Gasteiger charge is -2.12. The van der Waals surface area contributed by atoms with Gasteiger partial charge in [-0.15, -0.1) is 0 Å². The van der Waals surface area contributed by atoms with Gasteiger partial charge in [-0.05, 0) is 19.1 Å². The van der Waals surface area contributed by atoms with E-state index in [9.17, 15) is 0 Å². The molecular formula is C13H13N5O. The number of ether oxygens (including phenoxy) is 1. The monoisotopic (exact) mass is 255 g/mol. The van der Waals surface area contributed by atoms with Crippen LogP contribution < -0.4 is 15.8 Å². The maximum absolute atomic E-state index is 9.12. The van der Waals surface area contributed by atoms with Crippen molar-refractivity contribution in [2.45, 2.75) is 6.92 Å². The average Bonchev–Trinajstić information content (AvgIpc) is 2.37. The van der Waals surface area contributed by atoms with Gasteiger partial charge in [0.15, 0.2) is 0 Å². The van der Waals surface area contributed by atoms with Crippen molar-refractivity contribution in [3.05, 3.63) is 35.5 Å². The van der Waals surface area contributed by atoms with Crippen molar-refractivity contribution in [1.82, 2.24) is 9.97 Å². The van der Waals surface area contributed by atoms with E-state index in [4.69, 9.17) is 15.7 Å². The van der Waals surface area contributed by atoms with E-state index >= 15 is 0 Å². The Morgan fingerprint density at radius 3 is 2.79 bits per heavy atom. The molecule has 96 valence electrons. The zero-order chi connectivity index (χ0) is 13.8. The lowest BCUT2D eigenvalue weighted by Crippen LogP contribution is -2.03. The highest BCUT2D eigenvalue weighted by molar-refractivity contribution is 5.71. The highest BCUT2D eigenvalue weighted by atomic mass is 16.5. The number of aromatic nitrogens is 2. The number of hydrogen-bond acceptors (Lipinski definition) is 6. The van der Waals surface area contributed by atoms with E-state index in [0.717, 1.165) is 5.69 Å². The standard InChI is InChI=1S/C13H13N5O/c1-8-6-11(18-13(15)16-8)17-12-9(7-14)4-3-5-10(12)19-2/h3-6H,1-2H3,(H3,15,16,17,18). The van der Waals surface area contributed by atoms with Crippen LogP contribution in [-0.4, -0.2) is 17.1 Å². The van der Waals surface area contributed by atoms with Crippen molar-refractivity contribution in [2.24, 2.45) is 0 Å². The molecule has 0 saturated heterocycles. The third kappa shape index (κ3) is 2.72. The fraction of sp³-hybridized carbons (Fsp3) is 0.154. The van der Waals surface area contributed by atoms with E-state index in [1.165, 1.54) is 0 Å². The molecule has 0 aliphatic rings. The second-order valence-corrected chi connectivity index (χ2v) is 3.87. The number of nitriles is 1. The summed E-state index contributed by atoms with van der Waals surface area (Å²) in [6.07, 6.45) is 0. The summed E-state index contributed by atoms with van der Waals surface area (Å²) in [6, 6.07) is 9.06. The van der Waals surface area contributed by atoms with E-state index in [2.05, 4.69) is 21.4 Å². The van der Waals surface area contributed by atoms with Gasteiger partial charge in [-0.2, -0.15) is 10.2 Å². The van der Waals surface area contributed by atoms with E-state index in [1.54, 1.807) is 31.4 Å². The summed E-state index contributed by atoms with van der Waals surface area (Å²) in [7, 11) is 1.54. The highest BCUT2D eigenvalue weighted by Gasteiger charge is 2.10. The molecule has 0 atom stereocenters. The van der Waals surface area contributed by atoms with Gasteiger partial charge in [-0.3, -0.25) is 0 Å². The van der Waals surface area contributed by atoms with Gasteiger partial charge in [0, 0.05) is 11.8 Å². The second-order valence-electron chi connectivity index (χ2n) is 3.87. The SMILES string of the molecule is COc1cccc(C#N)c1Nc1cc(C)nc(N)n1. The molecule has 2 aromatic rings. The Bertz CT molecular complexity index is 628. The summed E-state index contributed by atoms with van der Waals surface area (Å²) < 4.78 is 5.23. The smallest absolute Gasteiger partial charge is 0.222 e. The topological polar surface area (TPSA) is 96.8 Å². The van der Waals surface area contributed by atoms with Crippen molar-refractivity contribution in [2.75, 3.05) is 18.2 Å². The molecule has 0 amide bonds. The maximum atomic E-state index is 9.12. The van der Waals surface area contributed by atoms with Crippen LogP contribution in [0.2, 0.25) is 0 Å². The number of rotatable bonds is 3. The minimum atomic E-state index is 0.177. The number of nitrogen functional groups attached to an aromatic ring is 1. The molecule has 1 heterocycles. The molecular weight excluding hydrogens is 242 g/mol. The summed E-state index contributed by atoms with van der Waals surface area (Å²) >= 11 is 0. The first-order valence-corrected chi connectivity index (χ1v) is 5.59. The summed E-state index contributed by atoms with van der Waals surface area (Å²) in [4.78, 5) is 8.06. The van der Waals surface area contributed by atoms with Crippen LogP contribution in [0.5, 0.6) is 5.75 Å². The molecule has 3 N–H and O–H groups in total. The van der Waals surface area contributed by atoms with Gasteiger partial charge >= 0.3 is 0 Å². The van der Waals surface area contributed by atoms with E-state index in [1.807, 2.05) is 6.92 Å². The average molecular weight is 255 g/mol. The largest absolute Gasteiger partial charge is 0.495 e. The van der Waals surface area contributed by atoms with Crippen molar-refractivity contribution in [3.8, 4) is 11.8 Å². The van der Waals surface area contributed by atoms with Gasteiger partial charge in [-0.1, -0.05) is 6.07 Å². The third-order valence-corrected chi connectivity index (χ3v) is 2.49. The van der Waals surface area contributed by atoms with Crippen molar-refractivity contribution < 1.29 is 4.74 Å². The Labute approximate surface area is 110 Å². The molecule has 6 nitrogen and oxygen atoms in total. The second kappa shape index (κ2) is 5.23. The van der Waals surface area contributed by atoms with Crippen LogP contribution in [0.4, 0.5) is 17.5 Å². The summed E-state index contributed by atoms with van der Waals surface area (Å²) in [5.41, 5.74) is 7.36. The highest BCUT2D eigenvalue weighted by Crippen LogP contribution is 2.30. The van der Waals surface area contributed by atoms with Gasteiger partial charge < -0.3 is 15.8 Å². The van der Waals surface area contributed by atoms with E-state index in [0.29, 0.717) is 22.8 Å². The van der Waals surface area contributed by atoms with Crippen molar-refractivity contribution in [1.29, 1.82) is 5.26 Å². The Kier molecular flexibility index (Phi) is 3.48. The molecule has 1 aromatic carbocycles. The van der Waals surface area contributed by atoms with Crippen LogP contribution in [0.15, 0.2) is 24.3 Å². The van der Waals surface area contributed by atoms with Gasteiger partial charge in [0.2, 0.25) is 5.95 Å². The molecule has 0 aliphatic heterocycles. The van der Waals surface area contributed by atoms with Crippen LogP contribution in [0.1, 0.15) is 11.3 Å². The summed E-state index contributed by atoms with van der Waals surface area (Å²) in [6.45, 7) is 1.82. The molecule has 0 radical (unpaired) electrons. The quantitative estimate of drug-likeness (QED) is 0.870. The number of methoxy groups -OCH3 is 1. The fourth-order valence-corrected chi connectivity index (χ4v) is 1.71. The zero-order valence-electron chi connectivity index (χ0n) is 10.6. The minimum Gasteiger partial charge on any atom is -0.495 e. The van der Waals surface area contributed by atoms with Gasteiger partial charge in [0.25, 0.3) is 0 Å². The predicted molar refractivity (Wildman–Crippen MR) is 72.2 cm³/mol. The normalized spacial score (nSPS) is 9.74. The fourth-order valence-electron chi connectivity index (χ4n) is 1.71. The van der Waals surface area contributed by atoms with Gasteiger partial charge in [0.05, 0.1) is 12.7 Å². The first-order chi connectivity index (χ1) is 9.13. The van der Waals surface area contributed by atoms with E-state index < -0.39 is 0 Å². The number of para-hydroxylation sites is 1. The van der Waals surface area contributed by atoms with E-state index in [-0.39, 0.29) is 5.95 Å². The van der Waals surface area contributed by atoms with Crippen LogP contribution in [0.3, 0.4) is 0 Å². The Morgan fingerprint density at radius 1 is 1.37 bits per heavy atom. The predicted octanol–water partition coefficient (Wildman–Crippen LogP) is 1.99. The van der Waals surface area contributed by atoms with Crippen LogP contribution in [0, 0.1) is 18.3 Å². The lowest BCUT2D eigenvalue weighted by atomic mass is 10.1. The Hall–Kier alpha value is -2.81. The number of benzene rings is 1. The van der Waals surface area contributed by atoms with Crippen molar-refractivity contribution in [3.63, 3.8) is 0 Å². The molecule has 6 heteroatoms. The number of hydrogen-bond donors (Lipinski definition) is 2. The molecule has 1 aromatic heterocycles. The molecule has 0 saturated carbocycles. The summed E-state index contributed by atoms with van der Waals surface area (Å²) in [5.74, 6) is 1.26. The Morgan fingerprint density at radius 2 is 2.16 bits per heavy atom. The molecule has 0 spiro atoms.